The highest BCUT2D eigenvalue weighted by molar-refractivity contribution is 5.73. The van der Waals surface area contributed by atoms with Gasteiger partial charge in [0.25, 0.3) is 6.08 Å². The van der Waals surface area contributed by atoms with Gasteiger partial charge in [-0.1, -0.05) is 24.3 Å². The molecule has 2 aromatic heterocycles. The van der Waals surface area contributed by atoms with E-state index in [0.29, 0.717) is 0 Å². The molecule has 14 heteroatoms. The van der Waals surface area contributed by atoms with Gasteiger partial charge in [0.05, 0.1) is 13.1 Å². The summed E-state index contributed by atoms with van der Waals surface area (Å²) in [6, 6.07) is 11.7. The Morgan fingerprint density at radius 3 is 2.11 bits per heavy atom. The summed E-state index contributed by atoms with van der Waals surface area (Å²) in [5, 5.41) is 11.0. The van der Waals surface area contributed by atoms with E-state index < -0.39 is 23.9 Å². The first kappa shape index (κ1) is 28.2. The van der Waals surface area contributed by atoms with Crippen molar-refractivity contribution in [3.8, 4) is 11.1 Å². The SMILES string of the molecule is CN(C)c1ccc(-c2ccc(Cn3cnn(CC(CN)=C(F)F)c3=O)cc2)cn1.O=C(O)C(F)(F)F. The Bertz CT molecular complexity index is 1240. The maximum atomic E-state index is 12.8. The molecular weight excluding hydrogens is 491 g/mol. The minimum atomic E-state index is -5.08. The maximum absolute atomic E-state index is 12.8. The minimum absolute atomic E-state index is 0.288. The predicted octanol–water partition coefficient (Wildman–Crippen LogP) is 2.96. The van der Waals surface area contributed by atoms with Crippen molar-refractivity contribution in [3.05, 3.63) is 76.6 Å². The number of rotatable bonds is 7. The second-order valence-corrected chi connectivity index (χ2v) is 7.57. The number of pyridine rings is 1. The van der Waals surface area contributed by atoms with Crippen molar-refractivity contribution in [2.24, 2.45) is 5.73 Å². The van der Waals surface area contributed by atoms with E-state index in [0.717, 1.165) is 27.2 Å². The van der Waals surface area contributed by atoms with Crippen molar-refractivity contribution in [3.63, 3.8) is 0 Å². The van der Waals surface area contributed by atoms with Crippen LogP contribution in [0.15, 0.2) is 65.4 Å². The maximum Gasteiger partial charge on any atom is 0.490 e. The molecule has 2 heterocycles. The van der Waals surface area contributed by atoms with E-state index in [1.54, 1.807) is 0 Å². The first-order valence-corrected chi connectivity index (χ1v) is 10.2. The summed E-state index contributed by atoms with van der Waals surface area (Å²) < 4.78 is 59.6. The van der Waals surface area contributed by atoms with Crippen LogP contribution in [0.4, 0.5) is 27.8 Å². The van der Waals surface area contributed by atoms with Crippen LogP contribution in [-0.4, -0.2) is 57.2 Å². The van der Waals surface area contributed by atoms with Crippen LogP contribution in [0.25, 0.3) is 11.1 Å². The molecule has 0 bridgehead atoms. The largest absolute Gasteiger partial charge is 0.490 e. The lowest BCUT2D eigenvalue weighted by Gasteiger charge is -2.11. The third-order valence-corrected chi connectivity index (χ3v) is 4.74. The number of hydrogen-bond donors (Lipinski definition) is 2. The lowest BCUT2D eigenvalue weighted by atomic mass is 10.1. The zero-order valence-corrected chi connectivity index (χ0v) is 19.2. The van der Waals surface area contributed by atoms with Crippen LogP contribution in [-0.2, 0) is 17.9 Å². The zero-order valence-electron chi connectivity index (χ0n) is 19.2. The molecule has 0 aliphatic carbocycles. The van der Waals surface area contributed by atoms with Crippen LogP contribution < -0.4 is 16.3 Å². The van der Waals surface area contributed by atoms with Crippen LogP contribution in [0.1, 0.15) is 5.56 Å². The first-order chi connectivity index (χ1) is 16.8. The van der Waals surface area contributed by atoms with Gasteiger partial charge >= 0.3 is 17.8 Å². The Balaban J connectivity index is 0.000000572. The van der Waals surface area contributed by atoms with Crippen molar-refractivity contribution < 1.29 is 31.9 Å². The van der Waals surface area contributed by atoms with Gasteiger partial charge in [-0.2, -0.15) is 27.1 Å². The molecule has 36 heavy (non-hydrogen) atoms. The van der Waals surface area contributed by atoms with Gasteiger partial charge in [0.2, 0.25) is 0 Å². The van der Waals surface area contributed by atoms with Gasteiger partial charge in [-0.15, -0.1) is 0 Å². The lowest BCUT2D eigenvalue weighted by Crippen LogP contribution is -2.27. The quantitative estimate of drug-likeness (QED) is 0.466. The van der Waals surface area contributed by atoms with Crippen LogP contribution in [0.3, 0.4) is 0 Å². The van der Waals surface area contributed by atoms with Gasteiger partial charge in [-0.05, 0) is 23.3 Å². The van der Waals surface area contributed by atoms with Gasteiger partial charge in [0.15, 0.2) is 0 Å². The normalized spacial score (nSPS) is 10.9. The average Bonchev–Trinajstić information content (AvgIpc) is 3.16. The topological polar surface area (TPSA) is 119 Å². The van der Waals surface area contributed by atoms with Crippen LogP contribution in [0.2, 0.25) is 0 Å². The second kappa shape index (κ2) is 12.1. The molecule has 0 aliphatic heterocycles. The molecule has 0 aliphatic rings. The smallest absolute Gasteiger partial charge is 0.475 e. The minimum Gasteiger partial charge on any atom is -0.475 e. The summed E-state index contributed by atoms with van der Waals surface area (Å²) in [5.41, 5.74) is 7.40. The molecule has 0 radical (unpaired) electrons. The Labute approximate surface area is 201 Å². The fourth-order valence-electron chi connectivity index (χ4n) is 2.79. The van der Waals surface area contributed by atoms with E-state index in [1.807, 2.05) is 61.6 Å². The Morgan fingerprint density at radius 1 is 1.08 bits per heavy atom. The fraction of sp³-hybridized carbons (Fsp3) is 0.273. The van der Waals surface area contributed by atoms with Crippen molar-refractivity contribution in [1.82, 2.24) is 19.3 Å². The molecule has 0 saturated heterocycles. The monoisotopic (exact) mass is 514 g/mol. The predicted molar refractivity (Wildman–Crippen MR) is 122 cm³/mol. The average molecular weight is 514 g/mol. The number of carbonyl (C=O) groups is 1. The van der Waals surface area contributed by atoms with Crippen molar-refractivity contribution >= 4 is 11.8 Å². The van der Waals surface area contributed by atoms with Crippen molar-refractivity contribution in [2.75, 3.05) is 25.5 Å². The van der Waals surface area contributed by atoms with Crippen molar-refractivity contribution in [1.29, 1.82) is 0 Å². The van der Waals surface area contributed by atoms with E-state index in [1.165, 1.54) is 10.9 Å². The highest BCUT2D eigenvalue weighted by Crippen LogP contribution is 2.21. The molecule has 9 nitrogen and oxygen atoms in total. The summed E-state index contributed by atoms with van der Waals surface area (Å²) in [6.45, 7) is -0.357. The third-order valence-electron chi connectivity index (χ3n) is 4.74. The van der Waals surface area contributed by atoms with Crippen molar-refractivity contribution in [2.45, 2.75) is 19.3 Å². The highest BCUT2D eigenvalue weighted by atomic mass is 19.4. The number of anilines is 1. The van der Waals surface area contributed by atoms with E-state index in [4.69, 9.17) is 15.6 Å². The lowest BCUT2D eigenvalue weighted by molar-refractivity contribution is -0.192. The summed E-state index contributed by atoms with van der Waals surface area (Å²) in [5.74, 6) is -1.88. The fourth-order valence-corrected chi connectivity index (χ4v) is 2.79. The van der Waals surface area contributed by atoms with Gasteiger partial charge in [0.1, 0.15) is 12.1 Å². The molecule has 1 aromatic carbocycles. The van der Waals surface area contributed by atoms with E-state index in [2.05, 4.69) is 10.1 Å². The number of alkyl halides is 3. The number of carboxylic acid groups (broad SMARTS) is 1. The Kier molecular flexibility index (Phi) is 9.44. The summed E-state index contributed by atoms with van der Waals surface area (Å²) in [7, 11) is 3.87. The number of nitrogens with zero attached hydrogens (tertiary/aromatic N) is 5. The Hall–Kier alpha value is -4.07. The van der Waals surface area contributed by atoms with E-state index in [-0.39, 0.29) is 25.2 Å². The van der Waals surface area contributed by atoms with Gasteiger partial charge in [-0.25, -0.2) is 19.3 Å². The number of benzene rings is 1. The van der Waals surface area contributed by atoms with Crippen LogP contribution >= 0.6 is 0 Å². The molecule has 3 rings (SSSR count). The summed E-state index contributed by atoms with van der Waals surface area (Å²) in [6.07, 6.45) is -3.81. The number of aliphatic carboxylic acids is 1. The number of hydrogen-bond acceptors (Lipinski definition) is 6. The van der Waals surface area contributed by atoms with Gasteiger partial charge in [0, 0.05) is 38.0 Å². The standard InChI is InChI=1S/C20H22F2N6O.C2HF3O2/c1-26(2)18-8-7-16(10-24-18)15-5-3-14(4-6-15)11-27-13-25-28(20(27)29)12-17(9-23)19(21)22;3-2(4,5)1(6)7/h3-8,10,13H,9,11-12,23H2,1-2H3;(H,6,7). The molecule has 0 fully saturated rings. The highest BCUT2D eigenvalue weighted by Gasteiger charge is 2.38. The number of carboxylic acids is 1. The van der Waals surface area contributed by atoms with Gasteiger partial charge < -0.3 is 15.7 Å². The van der Waals surface area contributed by atoms with Crippen LogP contribution in [0.5, 0.6) is 0 Å². The molecule has 0 amide bonds. The number of halogens is 5. The molecular formula is C22H23F5N6O3. The molecule has 0 saturated carbocycles. The summed E-state index contributed by atoms with van der Waals surface area (Å²) in [4.78, 5) is 27.6. The van der Waals surface area contributed by atoms with Gasteiger partial charge in [-0.3, -0.25) is 4.57 Å². The molecule has 3 N–H and O–H groups in total. The van der Waals surface area contributed by atoms with Crippen LogP contribution in [0, 0.1) is 0 Å². The molecule has 0 unspecified atom stereocenters. The first-order valence-electron chi connectivity index (χ1n) is 10.2. The number of aromatic nitrogens is 4. The second-order valence-electron chi connectivity index (χ2n) is 7.57. The van der Waals surface area contributed by atoms with E-state index in [9.17, 15) is 26.7 Å². The molecule has 194 valence electrons. The number of nitrogens with two attached hydrogens (primary N) is 1. The third kappa shape index (κ3) is 7.73. The molecule has 0 spiro atoms. The molecule has 0 atom stereocenters. The molecule has 3 aromatic rings. The van der Waals surface area contributed by atoms with E-state index >= 15 is 0 Å². The Morgan fingerprint density at radius 2 is 1.67 bits per heavy atom. The summed E-state index contributed by atoms with van der Waals surface area (Å²) >= 11 is 0. The zero-order chi connectivity index (χ0) is 27.0.